The van der Waals surface area contributed by atoms with Crippen LogP contribution in [0.15, 0.2) is 39.0 Å². The second-order valence-electron chi connectivity index (χ2n) is 7.29. The molecule has 1 aromatic carbocycles. The Balaban J connectivity index is 1.29. The fraction of sp³-hybridized carbons (Fsp3) is 0.500. The van der Waals surface area contributed by atoms with Crippen molar-refractivity contribution in [2.45, 2.75) is 50.5 Å². The number of aromatic nitrogens is 2. The Morgan fingerprint density at radius 3 is 2.92 bits per heavy atom. The van der Waals surface area contributed by atoms with Gasteiger partial charge in [-0.05, 0) is 69.3 Å². The molecular weight excluding hydrogens is 346 g/mol. The number of thiazole rings is 1. The molecule has 0 saturated heterocycles. The van der Waals surface area contributed by atoms with Crippen molar-refractivity contribution in [1.82, 2.24) is 14.9 Å². The Kier molecular flexibility index (Phi) is 5.22. The van der Waals surface area contributed by atoms with Crippen LogP contribution in [0, 0.1) is 0 Å². The number of hydrogen-bond acceptors (Lipinski definition) is 5. The van der Waals surface area contributed by atoms with Crippen LogP contribution in [0.25, 0.3) is 11.1 Å². The lowest BCUT2D eigenvalue weighted by molar-refractivity contribution is 0.181. The lowest BCUT2D eigenvalue weighted by atomic mass is 9.81. The molecule has 1 aliphatic carbocycles. The minimum Gasteiger partial charge on any atom is -0.408 e. The van der Waals surface area contributed by atoms with Gasteiger partial charge in [0.25, 0.3) is 0 Å². The molecule has 1 aliphatic rings. The van der Waals surface area contributed by atoms with Crippen LogP contribution in [0.2, 0.25) is 0 Å². The standard InChI is InChI=1S/C20H25N3O2S/c1-23(11-2-3-19-21-10-12-26-19)16-7-4-14(5-8-16)15-6-9-17-18(13-15)25-20(24)22-17/h6,9-10,12-14,16H,2-5,7-8,11H2,1H3,(H,22,24)/t14-,16-. The highest BCUT2D eigenvalue weighted by atomic mass is 32.1. The van der Waals surface area contributed by atoms with Gasteiger partial charge in [0, 0.05) is 24.0 Å². The first kappa shape index (κ1) is 17.5. The first-order valence-corrected chi connectivity index (χ1v) is 10.3. The van der Waals surface area contributed by atoms with Gasteiger partial charge >= 0.3 is 5.76 Å². The van der Waals surface area contributed by atoms with Gasteiger partial charge < -0.3 is 9.32 Å². The Morgan fingerprint density at radius 1 is 1.31 bits per heavy atom. The molecule has 26 heavy (non-hydrogen) atoms. The number of H-pyrrole nitrogens is 1. The summed E-state index contributed by atoms with van der Waals surface area (Å²) in [6, 6.07) is 6.82. The Hall–Kier alpha value is -1.92. The van der Waals surface area contributed by atoms with Crippen LogP contribution < -0.4 is 5.76 Å². The molecule has 0 bridgehead atoms. The molecule has 0 radical (unpaired) electrons. The third-order valence-electron chi connectivity index (χ3n) is 5.62. The molecule has 6 heteroatoms. The lowest BCUT2D eigenvalue weighted by Crippen LogP contribution is -2.35. The summed E-state index contributed by atoms with van der Waals surface area (Å²) in [6.07, 6.45) is 9.00. The molecular formula is C20H25N3O2S. The average Bonchev–Trinajstić information content (AvgIpc) is 3.29. The summed E-state index contributed by atoms with van der Waals surface area (Å²) < 4.78 is 5.21. The number of oxazole rings is 1. The molecule has 1 N–H and O–H groups in total. The van der Waals surface area contributed by atoms with Gasteiger partial charge in [-0.15, -0.1) is 11.3 Å². The van der Waals surface area contributed by atoms with Crippen LogP contribution in [-0.4, -0.2) is 34.5 Å². The smallest absolute Gasteiger partial charge is 0.408 e. The van der Waals surface area contributed by atoms with Crippen molar-refractivity contribution < 1.29 is 4.42 Å². The highest BCUT2D eigenvalue weighted by Gasteiger charge is 2.25. The van der Waals surface area contributed by atoms with Gasteiger partial charge in [0.2, 0.25) is 0 Å². The molecule has 4 rings (SSSR count). The van der Waals surface area contributed by atoms with Gasteiger partial charge in [-0.3, -0.25) is 4.98 Å². The maximum atomic E-state index is 11.3. The number of nitrogens with one attached hydrogen (secondary N) is 1. The fourth-order valence-electron chi connectivity index (χ4n) is 4.10. The second kappa shape index (κ2) is 7.76. The SMILES string of the molecule is CN(CCCc1nccs1)[C@H]1CC[C@H](c2ccc3[nH]c(=O)oc3c2)CC1. The van der Waals surface area contributed by atoms with E-state index in [4.69, 9.17) is 4.42 Å². The molecule has 0 amide bonds. The van der Waals surface area contributed by atoms with Gasteiger partial charge in [0.15, 0.2) is 5.58 Å². The summed E-state index contributed by atoms with van der Waals surface area (Å²) in [5.41, 5.74) is 2.76. The van der Waals surface area contributed by atoms with Crippen molar-refractivity contribution in [2.75, 3.05) is 13.6 Å². The van der Waals surface area contributed by atoms with Crippen LogP contribution >= 0.6 is 11.3 Å². The van der Waals surface area contributed by atoms with Crippen LogP contribution in [0.5, 0.6) is 0 Å². The number of fused-ring (bicyclic) bond motifs is 1. The van der Waals surface area contributed by atoms with Gasteiger partial charge in [-0.1, -0.05) is 6.07 Å². The molecule has 1 saturated carbocycles. The van der Waals surface area contributed by atoms with Crippen molar-refractivity contribution in [1.29, 1.82) is 0 Å². The quantitative estimate of drug-likeness (QED) is 0.706. The van der Waals surface area contributed by atoms with Gasteiger partial charge in [-0.25, -0.2) is 9.78 Å². The molecule has 138 valence electrons. The van der Waals surface area contributed by atoms with E-state index >= 15 is 0 Å². The number of rotatable bonds is 6. The van der Waals surface area contributed by atoms with Crippen molar-refractivity contribution >= 4 is 22.4 Å². The summed E-state index contributed by atoms with van der Waals surface area (Å²) in [5, 5.41) is 3.30. The monoisotopic (exact) mass is 371 g/mol. The molecule has 0 aliphatic heterocycles. The van der Waals surface area contributed by atoms with E-state index in [1.807, 2.05) is 18.3 Å². The Morgan fingerprint density at radius 2 is 2.15 bits per heavy atom. The first-order valence-electron chi connectivity index (χ1n) is 9.40. The molecule has 2 aromatic heterocycles. The van der Waals surface area contributed by atoms with E-state index in [0.29, 0.717) is 17.5 Å². The van der Waals surface area contributed by atoms with Crippen molar-refractivity contribution in [3.8, 4) is 0 Å². The fourth-order valence-corrected chi connectivity index (χ4v) is 4.77. The van der Waals surface area contributed by atoms with Crippen LogP contribution in [0.3, 0.4) is 0 Å². The summed E-state index contributed by atoms with van der Waals surface area (Å²) in [4.78, 5) is 20.9. The molecule has 1 fully saturated rings. The van der Waals surface area contributed by atoms with E-state index < -0.39 is 0 Å². The summed E-state index contributed by atoms with van der Waals surface area (Å²) in [6.45, 7) is 1.13. The zero-order valence-electron chi connectivity index (χ0n) is 15.1. The summed E-state index contributed by atoms with van der Waals surface area (Å²) in [7, 11) is 2.26. The molecule has 2 heterocycles. The van der Waals surface area contributed by atoms with E-state index in [-0.39, 0.29) is 5.76 Å². The zero-order valence-corrected chi connectivity index (χ0v) is 15.9. The predicted molar refractivity (Wildman–Crippen MR) is 105 cm³/mol. The minimum atomic E-state index is -0.375. The van der Waals surface area contributed by atoms with Gasteiger partial charge in [-0.2, -0.15) is 0 Å². The Bertz CT molecular complexity index is 891. The third kappa shape index (κ3) is 3.91. The second-order valence-corrected chi connectivity index (χ2v) is 8.26. The molecule has 0 spiro atoms. The molecule has 5 nitrogen and oxygen atoms in total. The number of aromatic amines is 1. The zero-order chi connectivity index (χ0) is 17.9. The van der Waals surface area contributed by atoms with Crippen molar-refractivity contribution in [3.05, 3.63) is 50.9 Å². The van der Waals surface area contributed by atoms with Crippen molar-refractivity contribution in [3.63, 3.8) is 0 Å². The highest BCUT2D eigenvalue weighted by molar-refractivity contribution is 7.09. The largest absolute Gasteiger partial charge is 0.417 e. The summed E-state index contributed by atoms with van der Waals surface area (Å²) in [5.74, 6) is 0.194. The average molecular weight is 372 g/mol. The maximum absolute atomic E-state index is 11.3. The van der Waals surface area contributed by atoms with Crippen LogP contribution in [0.1, 0.15) is 48.6 Å². The summed E-state index contributed by atoms with van der Waals surface area (Å²) >= 11 is 1.75. The van der Waals surface area contributed by atoms with E-state index in [2.05, 4.69) is 33.4 Å². The number of aryl methyl sites for hydroxylation is 1. The van der Waals surface area contributed by atoms with E-state index in [1.54, 1.807) is 11.3 Å². The van der Waals surface area contributed by atoms with Gasteiger partial charge in [0.05, 0.1) is 10.5 Å². The first-order chi connectivity index (χ1) is 12.7. The number of hydrogen-bond donors (Lipinski definition) is 1. The Labute approximate surface area is 157 Å². The number of benzene rings is 1. The van der Waals surface area contributed by atoms with Crippen LogP contribution in [0.4, 0.5) is 0 Å². The normalized spacial score (nSPS) is 20.8. The van der Waals surface area contributed by atoms with E-state index in [9.17, 15) is 4.79 Å². The molecule has 0 atom stereocenters. The van der Waals surface area contributed by atoms with Crippen molar-refractivity contribution in [2.24, 2.45) is 0 Å². The molecule has 0 unspecified atom stereocenters. The minimum absolute atomic E-state index is 0.375. The lowest BCUT2D eigenvalue weighted by Gasteiger charge is -2.35. The maximum Gasteiger partial charge on any atom is 0.417 e. The highest BCUT2D eigenvalue weighted by Crippen LogP contribution is 2.35. The molecule has 3 aromatic rings. The van der Waals surface area contributed by atoms with Crippen LogP contribution in [-0.2, 0) is 6.42 Å². The van der Waals surface area contributed by atoms with Gasteiger partial charge in [0.1, 0.15) is 0 Å². The number of nitrogens with zero attached hydrogens (tertiary/aromatic N) is 2. The predicted octanol–water partition coefficient (Wildman–Crippen LogP) is 4.17. The van der Waals surface area contributed by atoms with E-state index in [0.717, 1.165) is 18.5 Å². The van der Waals surface area contributed by atoms with E-state index in [1.165, 1.54) is 42.7 Å². The third-order valence-corrected chi connectivity index (χ3v) is 6.46. The topological polar surface area (TPSA) is 62.1 Å².